The predicted octanol–water partition coefficient (Wildman–Crippen LogP) is 3.73. The van der Waals surface area contributed by atoms with Crippen LogP contribution in [0.4, 0.5) is 0 Å². The van der Waals surface area contributed by atoms with Gasteiger partial charge in [-0.1, -0.05) is 12.1 Å². The standard InChI is InChI=1S/C23H15N5O3/c29-20(21-27-17-5-1-2-6-18(17)28-21)14-7-9-15(10-8-14)31-23-19(24-12-13-26-23)16-4-3-11-25-22(16)30/h1-13H,(H,25,30)(H,27,28). The van der Waals surface area contributed by atoms with Crippen molar-refractivity contribution in [2.75, 3.05) is 0 Å². The lowest BCUT2D eigenvalue weighted by atomic mass is 10.1. The van der Waals surface area contributed by atoms with Gasteiger partial charge >= 0.3 is 0 Å². The Morgan fingerprint density at radius 1 is 0.903 bits per heavy atom. The monoisotopic (exact) mass is 409 g/mol. The Balaban J connectivity index is 1.41. The first-order valence-electron chi connectivity index (χ1n) is 9.45. The van der Waals surface area contributed by atoms with Gasteiger partial charge in [-0.05, 0) is 48.5 Å². The van der Waals surface area contributed by atoms with E-state index in [4.69, 9.17) is 4.74 Å². The molecule has 3 aromatic heterocycles. The number of nitrogens with zero attached hydrogens (tertiary/aromatic N) is 3. The molecule has 0 aliphatic heterocycles. The molecule has 0 spiro atoms. The number of rotatable bonds is 5. The van der Waals surface area contributed by atoms with E-state index in [1.165, 1.54) is 12.4 Å². The number of ketones is 1. The lowest BCUT2D eigenvalue weighted by molar-refractivity contribution is 0.103. The van der Waals surface area contributed by atoms with Crippen LogP contribution in [0.1, 0.15) is 16.2 Å². The number of carbonyl (C=O) groups is 1. The molecule has 0 amide bonds. The molecule has 5 aromatic rings. The number of para-hydroxylation sites is 2. The number of nitrogens with one attached hydrogen (secondary N) is 2. The fourth-order valence-corrected chi connectivity index (χ4v) is 3.18. The van der Waals surface area contributed by atoms with Crippen LogP contribution in [0.2, 0.25) is 0 Å². The summed E-state index contributed by atoms with van der Waals surface area (Å²) >= 11 is 0. The molecule has 3 heterocycles. The summed E-state index contributed by atoms with van der Waals surface area (Å²) in [6.45, 7) is 0. The maximum Gasteiger partial charge on any atom is 0.257 e. The molecular formula is C23H15N5O3. The summed E-state index contributed by atoms with van der Waals surface area (Å²) in [4.78, 5) is 43.3. The summed E-state index contributed by atoms with van der Waals surface area (Å²) in [7, 11) is 0. The van der Waals surface area contributed by atoms with Crippen molar-refractivity contribution in [2.45, 2.75) is 0 Å². The summed E-state index contributed by atoms with van der Waals surface area (Å²) in [6.07, 6.45) is 4.51. The molecule has 0 bridgehead atoms. The van der Waals surface area contributed by atoms with Crippen LogP contribution < -0.4 is 10.3 Å². The number of aromatic nitrogens is 5. The maximum absolute atomic E-state index is 12.8. The third-order valence-corrected chi connectivity index (χ3v) is 4.67. The SMILES string of the molecule is O=C(c1ccc(Oc2nccnc2-c2ccc[nH]c2=O)cc1)c1nc2ccccc2[nH]1. The predicted molar refractivity (Wildman–Crippen MR) is 114 cm³/mol. The Morgan fingerprint density at radius 3 is 2.52 bits per heavy atom. The number of benzene rings is 2. The molecule has 2 N–H and O–H groups in total. The molecule has 8 nitrogen and oxygen atoms in total. The van der Waals surface area contributed by atoms with Gasteiger partial charge in [-0.25, -0.2) is 15.0 Å². The van der Waals surface area contributed by atoms with Crippen LogP contribution in [0.15, 0.2) is 84.0 Å². The second-order valence-corrected chi connectivity index (χ2v) is 6.68. The van der Waals surface area contributed by atoms with E-state index in [0.717, 1.165) is 11.0 Å². The van der Waals surface area contributed by atoms with Gasteiger partial charge in [0.2, 0.25) is 11.7 Å². The molecule has 2 aromatic carbocycles. The number of aromatic amines is 2. The van der Waals surface area contributed by atoms with Crippen molar-refractivity contribution < 1.29 is 9.53 Å². The Hall–Kier alpha value is -4.59. The van der Waals surface area contributed by atoms with Gasteiger partial charge in [0.05, 0.1) is 16.6 Å². The highest BCUT2D eigenvalue weighted by atomic mass is 16.5. The van der Waals surface area contributed by atoms with E-state index in [9.17, 15) is 9.59 Å². The molecule has 0 atom stereocenters. The van der Waals surface area contributed by atoms with Crippen LogP contribution in [0, 0.1) is 0 Å². The average Bonchev–Trinajstić information content (AvgIpc) is 3.24. The van der Waals surface area contributed by atoms with Gasteiger partial charge in [-0.3, -0.25) is 9.59 Å². The van der Waals surface area contributed by atoms with Gasteiger partial charge in [-0.2, -0.15) is 0 Å². The number of hydrogen-bond donors (Lipinski definition) is 2. The van der Waals surface area contributed by atoms with Crippen LogP contribution in [0.3, 0.4) is 0 Å². The minimum Gasteiger partial charge on any atom is -0.437 e. The summed E-state index contributed by atoms with van der Waals surface area (Å²) < 4.78 is 5.85. The highest BCUT2D eigenvalue weighted by molar-refractivity contribution is 6.08. The number of pyridine rings is 1. The van der Waals surface area contributed by atoms with Gasteiger partial charge in [0.1, 0.15) is 11.4 Å². The van der Waals surface area contributed by atoms with Gasteiger partial charge in [0.25, 0.3) is 5.56 Å². The Morgan fingerprint density at radius 2 is 1.71 bits per heavy atom. The molecule has 0 radical (unpaired) electrons. The zero-order valence-corrected chi connectivity index (χ0v) is 16.1. The Labute approximate surface area is 175 Å². The molecule has 0 unspecified atom stereocenters. The molecule has 5 rings (SSSR count). The Kier molecular flexibility index (Phi) is 4.57. The van der Waals surface area contributed by atoms with E-state index < -0.39 is 0 Å². The van der Waals surface area contributed by atoms with Crippen molar-refractivity contribution in [1.82, 2.24) is 24.9 Å². The number of hydrogen-bond acceptors (Lipinski definition) is 6. The normalized spacial score (nSPS) is 10.8. The molecule has 0 saturated heterocycles. The van der Waals surface area contributed by atoms with Crippen LogP contribution in [-0.4, -0.2) is 30.7 Å². The lowest BCUT2D eigenvalue weighted by Gasteiger charge is -2.09. The summed E-state index contributed by atoms with van der Waals surface area (Å²) in [5.74, 6) is 0.693. The van der Waals surface area contributed by atoms with E-state index in [0.29, 0.717) is 22.6 Å². The van der Waals surface area contributed by atoms with Crippen molar-refractivity contribution in [3.05, 3.63) is 101 Å². The number of H-pyrrole nitrogens is 2. The zero-order valence-electron chi connectivity index (χ0n) is 16.1. The maximum atomic E-state index is 12.8. The highest BCUT2D eigenvalue weighted by Crippen LogP contribution is 2.27. The fraction of sp³-hybridized carbons (Fsp3) is 0. The third kappa shape index (κ3) is 3.58. The minimum absolute atomic E-state index is 0.190. The zero-order chi connectivity index (χ0) is 21.2. The second-order valence-electron chi connectivity index (χ2n) is 6.68. The number of ether oxygens (including phenoxy) is 1. The number of imidazole rings is 1. The third-order valence-electron chi connectivity index (χ3n) is 4.67. The van der Waals surface area contributed by atoms with Crippen LogP contribution in [0.25, 0.3) is 22.3 Å². The van der Waals surface area contributed by atoms with Crippen LogP contribution in [-0.2, 0) is 0 Å². The van der Waals surface area contributed by atoms with E-state index in [1.54, 1.807) is 42.6 Å². The van der Waals surface area contributed by atoms with Crippen LogP contribution in [0.5, 0.6) is 11.6 Å². The van der Waals surface area contributed by atoms with Crippen LogP contribution >= 0.6 is 0 Å². The van der Waals surface area contributed by atoms with Crippen molar-refractivity contribution in [3.63, 3.8) is 0 Å². The van der Waals surface area contributed by atoms with Gasteiger partial charge < -0.3 is 14.7 Å². The first-order valence-corrected chi connectivity index (χ1v) is 9.45. The minimum atomic E-state index is -0.292. The summed E-state index contributed by atoms with van der Waals surface area (Å²) in [5.41, 5.74) is 2.38. The average molecular weight is 409 g/mol. The van der Waals surface area contributed by atoms with Gasteiger partial charge in [0.15, 0.2) is 5.82 Å². The molecule has 31 heavy (non-hydrogen) atoms. The van der Waals surface area contributed by atoms with E-state index in [2.05, 4.69) is 24.9 Å². The largest absolute Gasteiger partial charge is 0.437 e. The Bertz CT molecular complexity index is 1420. The highest BCUT2D eigenvalue weighted by Gasteiger charge is 2.16. The van der Waals surface area contributed by atoms with E-state index >= 15 is 0 Å². The second kappa shape index (κ2) is 7.68. The molecular weight excluding hydrogens is 394 g/mol. The first kappa shape index (κ1) is 18.4. The smallest absolute Gasteiger partial charge is 0.257 e. The number of fused-ring (bicyclic) bond motifs is 1. The van der Waals surface area contributed by atoms with E-state index in [1.807, 2.05) is 24.3 Å². The summed E-state index contributed by atoms with van der Waals surface area (Å²) in [5, 5.41) is 0. The molecule has 0 fully saturated rings. The first-order chi connectivity index (χ1) is 15.2. The van der Waals surface area contributed by atoms with E-state index in [-0.39, 0.29) is 23.0 Å². The molecule has 0 aliphatic rings. The summed E-state index contributed by atoms with van der Waals surface area (Å²) in [6, 6.07) is 17.4. The van der Waals surface area contributed by atoms with Crippen molar-refractivity contribution in [3.8, 4) is 22.9 Å². The molecule has 0 aliphatic carbocycles. The lowest BCUT2D eigenvalue weighted by Crippen LogP contribution is -2.09. The topological polar surface area (TPSA) is 114 Å². The van der Waals surface area contributed by atoms with Crippen molar-refractivity contribution >= 4 is 16.8 Å². The van der Waals surface area contributed by atoms with Gasteiger partial charge in [-0.15, -0.1) is 0 Å². The van der Waals surface area contributed by atoms with Crippen molar-refractivity contribution in [2.24, 2.45) is 0 Å². The number of carbonyl (C=O) groups excluding carboxylic acids is 1. The molecule has 150 valence electrons. The van der Waals surface area contributed by atoms with Crippen molar-refractivity contribution in [1.29, 1.82) is 0 Å². The molecule has 0 saturated carbocycles. The fourth-order valence-electron chi connectivity index (χ4n) is 3.18. The quantitative estimate of drug-likeness (QED) is 0.428. The van der Waals surface area contributed by atoms with Gasteiger partial charge in [0, 0.05) is 24.2 Å². The molecule has 8 heteroatoms.